The van der Waals surface area contributed by atoms with Crippen molar-refractivity contribution in [2.75, 3.05) is 0 Å². The predicted octanol–water partition coefficient (Wildman–Crippen LogP) is -0.772. The summed E-state index contributed by atoms with van der Waals surface area (Å²) in [5.74, 6) is 0. The minimum absolute atomic E-state index is 0. The summed E-state index contributed by atoms with van der Waals surface area (Å²) in [6.07, 6.45) is 0. The predicted molar refractivity (Wildman–Crippen MR) is 11.5 cm³/mol. The molecule has 0 rings (SSSR count). The average molecular weight is 302 g/mol. The van der Waals surface area contributed by atoms with Gasteiger partial charge in [0.05, 0.1) is 0 Å². The zero-order valence-corrected chi connectivity index (χ0v) is 9.01. The second-order valence-electron chi connectivity index (χ2n) is 0. The second-order valence-corrected chi connectivity index (χ2v) is 0. The van der Waals surface area contributed by atoms with Crippen LogP contribution in [-0.4, -0.2) is 19.4 Å². The van der Waals surface area contributed by atoms with Gasteiger partial charge in [-0.15, -0.1) is 0 Å². The Labute approximate surface area is 90.6 Å². The van der Waals surface area contributed by atoms with Crippen LogP contribution in [0.15, 0.2) is 0 Å². The van der Waals surface area contributed by atoms with Gasteiger partial charge in [0.1, 0.15) is 0 Å². The molecular weight excluding hydrogens is 302 g/mol. The zero-order chi connectivity index (χ0) is 0. The van der Waals surface area contributed by atoms with Crippen LogP contribution in [0.1, 0.15) is 0 Å². The maximum atomic E-state index is 0. The van der Waals surface area contributed by atoms with E-state index in [0.717, 1.165) is 0 Å². The standard InChI is InChI=1S/B.Co.Cr.Fe.Mo.Si. The summed E-state index contributed by atoms with van der Waals surface area (Å²) in [5, 5.41) is 0. The summed E-state index contributed by atoms with van der Waals surface area (Å²) in [6.45, 7) is 0. The third-order valence-corrected chi connectivity index (χ3v) is 0. The molecule has 6 heteroatoms. The molecular formula is BCoCrFeMoSi. The Hall–Kier alpha value is 2.53. The maximum absolute atomic E-state index is 0. The summed E-state index contributed by atoms with van der Waals surface area (Å²) < 4.78 is 0. The molecule has 0 aromatic rings. The van der Waals surface area contributed by atoms with Crippen LogP contribution in [0.25, 0.3) is 0 Å². The summed E-state index contributed by atoms with van der Waals surface area (Å²) in [7, 11) is 0. The van der Waals surface area contributed by atoms with Gasteiger partial charge in [-0.25, -0.2) is 0 Å². The Morgan fingerprint density at radius 2 is 1.00 bits per heavy atom. The Balaban J connectivity index is 0. The smallest absolute Gasteiger partial charge is 0 e. The molecule has 6 heavy (non-hydrogen) atoms. The van der Waals surface area contributed by atoms with Crippen LogP contribution >= 0.6 is 0 Å². The quantitative estimate of drug-likeness (QED) is 0.516. The van der Waals surface area contributed by atoms with Gasteiger partial charge in [-0.05, 0) is 0 Å². The molecule has 0 atom stereocenters. The molecule has 0 amide bonds. The van der Waals surface area contributed by atoms with Crippen LogP contribution < -0.4 is 0 Å². The molecule has 0 spiro atoms. The van der Waals surface area contributed by atoms with Gasteiger partial charge in [0.25, 0.3) is 0 Å². The fourth-order valence-electron chi connectivity index (χ4n) is 0. The maximum Gasteiger partial charge on any atom is 0 e. The third kappa shape index (κ3) is 31.2. The number of hydrogen-bond donors (Lipinski definition) is 0. The van der Waals surface area contributed by atoms with Crippen molar-refractivity contribution in [3.63, 3.8) is 0 Å². The molecule has 0 fully saturated rings. The van der Waals surface area contributed by atoms with Gasteiger partial charge in [0, 0.05) is 91.7 Å². The van der Waals surface area contributed by atoms with Crippen LogP contribution in [0.2, 0.25) is 0 Å². The molecule has 0 heterocycles. The van der Waals surface area contributed by atoms with Gasteiger partial charge in [0.2, 0.25) is 0 Å². The van der Waals surface area contributed by atoms with E-state index in [1.807, 2.05) is 0 Å². The van der Waals surface area contributed by atoms with E-state index in [-0.39, 0.29) is 91.7 Å². The van der Waals surface area contributed by atoms with E-state index in [1.165, 1.54) is 0 Å². The largest absolute Gasteiger partial charge is 0 e. The molecule has 0 unspecified atom stereocenters. The Bertz CT molecular complexity index is 15.5. The first kappa shape index (κ1) is 75.6. The first-order valence-corrected chi connectivity index (χ1v) is 0. The fraction of sp³-hybridized carbons (Fsp3) is 0. The summed E-state index contributed by atoms with van der Waals surface area (Å²) in [4.78, 5) is 0. The number of hydrogen-bond acceptors (Lipinski definition) is 0. The first-order chi connectivity index (χ1) is 0. The molecule has 0 bridgehead atoms. The van der Waals surface area contributed by atoms with Gasteiger partial charge in [-0.2, -0.15) is 0 Å². The molecule has 8 radical (unpaired) electrons. The molecule has 36 valence electrons. The van der Waals surface area contributed by atoms with Crippen LogP contribution in [0.4, 0.5) is 0 Å². The van der Waals surface area contributed by atoms with E-state index in [4.69, 9.17) is 0 Å². The molecule has 0 aliphatic rings. The van der Waals surface area contributed by atoms with Gasteiger partial charge in [-0.1, -0.05) is 0 Å². The molecule has 0 N–H and O–H groups in total. The molecule has 0 aromatic carbocycles. The third-order valence-electron chi connectivity index (χ3n) is 0. The molecule has 0 saturated carbocycles. The Morgan fingerprint density at radius 1 is 1.00 bits per heavy atom. The van der Waals surface area contributed by atoms with Crippen molar-refractivity contribution in [1.29, 1.82) is 0 Å². The first-order valence-electron chi connectivity index (χ1n) is 0. The minimum Gasteiger partial charge on any atom is 0 e. The van der Waals surface area contributed by atoms with Crippen LogP contribution in [0.5, 0.6) is 0 Å². The number of rotatable bonds is 0. The van der Waals surface area contributed by atoms with Crippen molar-refractivity contribution >= 4 is 19.4 Å². The van der Waals surface area contributed by atoms with Crippen molar-refractivity contribution in [3.8, 4) is 0 Å². The minimum atomic E-state index is 0. The van der Waals surface area contributed by atoms with Crippen molar-refractivity contribution < 1.29 is 72.3 Å². The topological polar surface area (TPSA) is 0 Å². The van der Waals surface area contributed by atoms with Crippen LogP contribution in [0.3, 0.4) is 0 Å². The van der Waals surface area contributed by atoms with Crippen molar-refractivity contribution in [1.82, 2.24) is 0 Å². The molecule has 0 aliphatic heterocycles. The SMILES string of the molecule is [B].[Co].[Cr].[Fe].[Mo].[Si]. The summed E-state index contributed by atoms with van der Waals surface area (Å²) in [5.41, 5.74) is 0. The van der Waals surface area contributed by atoms with Crippen LogP contribution in [0, 0.1) is 0 Å². The summed E-state index contributed by atoms with van der Waals surface area (Å²) >= 11 is 0. The van der Waals surface area contributed by atoms with E-state index < -0.39 is 0 Å². The van der Waals surface area contributed by atoms with Gasteiger partial charge < -0.3 is 0 Å². The Kier molecular flexibility index (Phi) is 632. The Morgan fingerprint density at radius 3 is 1.00 bits per heavy atom. The van der Waals surface area contributed by atoms with E-state index >= 15 is 0 Å². The van der Waals surface area contributed by atoms with Gasteiger partial charge in [0.15, 0.2) is 0 Å². The van der Waals surface area contributed by atoms with Crippen LogP contribution in [-0.2, 0) is 72.3 Å². The van der Waals surface area contributed by atoms with E-state index in [0.29, 0.717) is 0 Å². The van der Waals surface area contributed by atoms with Gasteiger partial charge in [-0.3, -0.25) is 0 Å². The van der Waals surface area contributed by atoms with Crippen molar-refractivity contribution in [2.24, 2.45) is 0 Å². The average Bonchev–Trinajstić information content (AvgIpc) is 0. The van der Waals surface area contributed by atoms with Crippen molar-refractivity contribution in [2.45, 2.75) is 0 Å². The fourth-order valence-corrected chi connectivity index (χ4v) is 0. The monoisotopic (exact) mass is 304 g/mol. The molecule has 0 aliphatic carbocycles. The normalized spacial score (nSPS) is 0. The molecule has 0 aromatic heterocycles. The molecule has 0 saturated heterocycles. The zero-order valence-electron chi connectivity index (χ0n) is 2.58. The molecule has 0 nitrogen and oxygen atoms in total. The second kappa shape index (κ2) is 50.2. The van der Waals surface area contributed by atoms with E-state index in [9.17, 15) is 0 Å². The van der Waals surface area contributed by atoms with Gasteiger partial charge >= 0.3 is 0 Å². The van der Waals surface area contributed by atoms with E-state index in [1.54, 1.807) is 0 Å². The summed E-state index contributed by atoms with van der Waals surface area (Å²) in [6, 6.07) is 0. The van der Waals surface area contributed by atoms with E-state index in [2.05, 4.69) is 0 Å². The van der Waals surface area contributed by atoms with Crippen molar-refractivity contribution in [3.05, 3.63) is 0 Å².